The second kappa shape index (κ2) is 5.04. The van der Waals surface area contributed by atoms with Crippen molar-refractivity contribution >= 4 is 28.8 Å². The van der Waals surface area contributed by atoms with E-state index in [0.717, 1.165) is 18.0 Å². The molecule has 4 nitrogen and oxygen atoms in total. The van der Waals surface area contributed by atoms with Crippen LogP contribution in [0.2, 0.25) is 5.02 Å². The number of thiazole rings is 1. The van der Waals surface area contributed by atoms with Gasteiger partial charge in [-0.25, -0.2) is 15.0 Å². The SMILES string of the molecule is Clc1cncnc1NCCc1nccs1. The van der Waals surface area contributed by atoms with E-state index >= 15 is 0 Å². The Morgan fingerprint density at radius 2 is 2.33 bits per heavy atom. The number of halogens is 1. The van der Waals surface area contributed by atoms with Gasteiger partial charge in [0.2, 0.25) is 0 Å². The highest BCUT2D eigenvalue weighted by Gasteiger charge is 2.00. The van der Waals surface area contributed by atoms with Crippen molar-refractivity contribution in [3.8, 4) is 0 Å². The van der Waals surface area contributed by atoms with Gasteiger partial charge in [0, 0.05) is 24.5 Å². The molecule has 0 spiro atoms. The molecule has 2 aromatic rings. The van der Waals surface area contributed by atoms with Gasteiger partial charge in [0.15, 0.2) is 0 Å². The Morgan fingerprint density at radius 3 is 3.07 bits per heavy atom. The summed E-state index contributed by atoms with van der Waals surface area (Å²) in [7, 11) is 0. The van der Waals surface area contributed by atoms with Crippen molar-refractivity contribution in [2.45, 2.75) is 6.42 Å². The van der Waals surface area contributed by atoms with Crippen molar-refractivity contribution in [3.05, 3.63) is 34.1 Å². The molecule has 1 N–H and O–H groups in total. The molecule has 0 aliphatic rings. The van der Waals surface area contributed by atoms with Crippen LogP contribution in [0.15, 0.2) is 24.1 Å². The van der Waals surface area contributed by atoms with Crippen LogP contribution in [0.1, 0.15) is 5.01 Å². The summed E-state index contributed by atoms with van der Waals surface area (Å²) in [6.45, 7) is 0.768. The van der Waals surface area contributed by atoms with Crippen LogP contribution in [0.25, 0.3) is 0 Å². The van der Waals surface area contributed by atoms with Crippen molar-refractivity contribution in [3.63, 3.8) is 0 Å². The molecule has 0 unspecified atom stereocenters. The molecule has 2 aromatic heterocycles. The molecular formula is C9H9ClN4S. The molecule has 15 heavy (non-hydrogen) atoms. The summed E-state index contributed by atoms with van der Waals surface area (Å²) in [6, 6.07) is 0. The first kappa shape index (κ1) is 10.3. The molecule has 0 amide bonds. The zero-order chi connectivity index (χ0) is 10.5. The highest BCUT2D eigenvalue weighted by Crippen LogP contribution is 2.15. The van der Waals surface area contributed by atoms with E-state index in [4.69, 9.17) is 11.6 Å². The summed E-state index contributed by atoms with van der Waals surface area (Å²) in [6.07, 6.45) is 5.72. The highest BCUT2D eigenvalue weighted by molar-refractivity contribution is 7.09. The predicted molar refractivity (Wildman–Crippen MR) is 61.3 cm³/mol. The average molecular weight is 241 g/mol. The third-order valence-corrected chi connectivity index (χ3v) is 2.90. The van der Waals surface area contributed by atoms with Gasteiger partial charge in [0.1, 0.15) is 17.2 Å². The molecular weight excluding hydrogens is 232 g/mol. The number of hydrogen-bond donors (Lipinski definition) is 1. The number of nitrogens with one attached hydrogen (secondary N) is 1. The summed E-state index contributed by atoms with van der Waals surface area (Å²) >= 11 is 7.53. The lowest BCUT2D eigenvalue weighted by molar-refractivity contribution is 0.982. The standard InChI is InChI=1S/C9H9ClN4S/c10-7-5-11-6-14-9(7)13-2-1-8-12-3-4-15-8/h3-6H,1-2H2,(H,11,13,14). The lowest BCUT2D eigenvalue weighted by Gasteiger charge is -2.04. The van der Waals surface area contributed by atoms with Crippen molar-refractivity contribution < 1.29 is 0 Å². The largest absolute Gasteiger partial charge is 0.368 e. The molecule has 0 aliphatic heterocycles. The fraction of sp³-hybridized carbons (Fsp3) is 0.222. The van der Waals surface area contributed by atoms with Crippen LogP contribution in [0, 0.1) is 0 Å². The van der Waals surface area contributed by atoms with E-state index in [1.54, 1.807) is 23.7 Å². The number of hydrogen-bond acceptors (Lipinski definition) is 5. The fourth-order valence-electron chi connectivity index (χ4n) is 1.11. The van der Waals surface area contributed by atoms with E-state index in [9.17, 15) is 0 Å². The van der Waals surface area contributed by atoms with E-state index in [2.05, 4.69) is 20.3 Å². The topological polar surface area (TPSA) is 50.7 Å². The fourth-order valence-corrected chi connectivity index (χ4v) is 1.90. The molecule has 0 aliphatic carbocycles. The number of nitrogens with zero attached hydrogens (tertiary/aromatic N) is 3. The van der Waals surface area contributed by atoms with E-state index < -0.39 is 0 Å². The summed E-state index contributed by atoms with van der Waals surface area (Å²) in [5.74, 6) is 0.670. The molecule has 2 heterocycles. The van der Waals surface area contributed by atoms with Crippen molar-refractivity contribution in [1.29, 1.82) is 0 Å². The third-order valence-electron chi connectivity index (χ3n) is 1.78. The Bertz CT molecular complexity index is 418. The molecule has 0 radical (unpaired) electrons. The minimum Gasteiger partial charge on any atom is -0.368 e. The lowest BCUT2D eigenvalue weighted by atomic mass is 10.4. The maximum Gasteiger partial charge on any atom is 0.148 e. The molecule has 6 heteroatoms. The Morgan fingerprint density at radius 1 is 1.40 bits per heavy atom. The van der Waals surface area contributed by atoms with Crippen LogP contribution < -0.4 is 5.32 Å². The van der Waals surface area contributed by atoms with Gasteiger partial charge in [-0.2, -0.15) is 0 Å². The van der Waals surface area contributed by atoms with Gasteiger partial charge in [-0.15, -0.1) is 11.3 Å². The zero-order valence-electron chi connectivity index (χ0n) is 7.85. The molecule has 2 rings (SSSR count). The van der Waals surface area contributed by atoms with E-state index in [1.807, 2.05) is 5.38 Å². The molecule has 78 valence electrons. The van der Waals surface area contributed by atoms with Gasteiger partial charge in [0.05, 0.1) is 11.2 Å². The van der Waals surface area contributed by atoms with Crippen molar-refractivity contribution in [2.24, 2.45) is 0 Å². The highest BCUT2D eigenvalue weighted by atomic mass is 35.5. The van der Waals surface area contributed by atoms with Crippen LogP contribution in [0.4, 0.5) is 5.82 Å². The molecule has 0 saturated heterocycles. The lowest BCUT2D eigenvalue weighted by Crippen LogP contribution is -2.06. The summed E-state index contributed by atoms with van der Waals surface area (Å²) in [5.41, 5.74) is 0. The van der Waals surface area contributed by atoms with Gasteiger partial charge in [-0.3, -0.25) is 0 Å². The summed E-state index contributed by atoms with van der Waals surface area (Å²) in [4.78, 5) is 12.0. The minimum absolute atomic E-state index is 0.539. The van der Waals surface area contributed by atoms with E-state index in [1.165, 1.54) is 6.33 Å². The minimum atomic E-state index is 0.539. The molecule has 0 saturated carbocycles. The monoisotopic (exact) mass is 240 g/mol. The van der Waals surface area contributed by atoms with Crippen LogP contribution >= 0.6 is 22.9 Å². The second-order valence-electron chi connectivity index (χ2n) is 2.82. The van der Waals surface area contributed by atoms with E-state index in [-0.39, 0.29) is 0 Å². The molecule has 0 bridgehead atoms. The third kappa shape index (κ3) is 2.87. The second-order valence-corrected chi connectivity index (χ2v) is 4.21. The summed E-state index contributed by atoms with van der Waals surface area (Å²) in [5, 5.41) is 6.74. The normalized spacial score (nSPS) is 10.2. The zero-order valence-corrected chi connectivity index (χ0v) is 9.42. The smallest absolute Gasteiger partial charge is 0.148 e. The Hall–Kier alpha value is -1.20. The molecule has 0 fully saturated rings. The Labute approximate surface area is 96.4 Å². The van der Waals surface area contributed by atoms with Crippen LogP contribution in [0.3, 0.4) is 0 Å². The van der Waals surface area contributed by atoms with Crippen LogP contribution in [-0.2, 0) is 6.42 Å². The summed E-state index contributed by atoms with van der Waals surface area (Å²) < 4.78 is 0. The van der Waals surface area contributed by atoms with Crippen LogP contribution in [0.5, 0.6) is 0 Å². The quantitative estimate of drug-likeness (QED) is 0.891. The van der Waals surface area contributed by atoms with Crippen molar-refractivity contribution in [2.75, 3.05) is 11.9 Å². The first-order valence-electron chi connectivity index (χ1n) is 4.44. The Balaban J connectivity index is 1.86. The average Bonchev–Trinajstić information content (AvgIpc) is 2.74. The van der Waals surface area contributed by atoms with Gasteiger partial charge in [-0.1, -0.05) is 11.6 Å². The predicted octanol–water partition coefficient (Wildman–Crippen LogP) is 2.24. The Kier molecular flexibility index (Phi) is 3.47. The van der Waals surface area contributed by atoms with Gasteiger partial charge in [-0.05, 0) is 0 Å². The first-order chi connectivity index (χ1) is 7.36. The number of anilines is 1. The number of aromatic nitrogens is 3. The van der Waals surface area contributed by atoms with Crippen LogP contribution in [-0.4, -0.2) is 21.5 Å². The van der Waals surface area contributed by atoms with E-state index in [0.29, 0.717) is 10.8 Å². The number of rotatable bonds is 4. The maximum atomic E-state index is 5.88. The molecule has 0 aromatic carbocycles. The van der Waals surface area contributed by atoms with Crippen molar-refractivity contribution in [1.82, 2.24) is 15.0 Å². The van der Waals surface area contributed by atoms with Gasteiger partial charge >= 0.3 is 0 Å². The maximum absolute atomic E-state index is 5.88. The first-order valence-corrected chi connectivity index (χ1v) is 5.70. The van der Waals surface area contributed by atoms with Gasteiger partial charge < -0.3 is 5.32 Å². The molecule has 0 atom stereocenters. The van der Waals surface area contributed by atoms with Gasteiger partial charge in [0.25, 0.3) is 0 Å².